The largest absolute Gasteiger partial charge is 0.418 e. The molecule has 0 aliphatic heterocycles. The van der Waals surface area contributed by atoms with E-state index in [2.05, 4.69) is 20.3 Å². The molecule has 2 heterocycles. The lowest BCUT2D eigenvalue weighted by Gasteiger charge is -2.23. The molecule has 0 bridgehead atoms. The van der Waals surface area contributed by atoms with E-state index in [0.717, 1.165) is 36.7 Å². The fourth-order valence-electron chi connectivity index (χ4n) is 2.93. The molecule has 0 spiro atoms. The van der Waals surface area contributed by atoms with Crippen LogP contribution >= 0.6 is 0 Å². The Morgan fingerprint density at radius 2 is 1.66 bits per heavy atom. The number of alkyl halides is 6. The molecule has 6 nitrogen and oxygen atoms in total. The number of nitrogens with two attached hydrogens (primary N) is 1. The second-order valence-electron chi connectivity index (χ2n) is 6.68. The molecule has 12 heteroatoms. The SMILES string of the molecule is Cc1ncc(C(=O)N[C@@H](c2ccc(C(F)(F)F)cc2)c2ncccc2C(F)(F)F)c(N)n1. The molecular formula is C20H15F6N5O. The van der Waals surface area contributed by atoms with Gasteiger partial charge in [0.15, 0.2) is 0 Å². The number of anilines is 1. The zero-order valence-electron chi connectivity index (χ0n) is 16.3. The monoisotopic (exact) mass is 455 g/mol. The fraction of sp³-hybridized carbons (Fsp3) is 0.200. The lowest BCUT2D eigenvalue weighted by molar-refractivity contribution is -0.139. The Morgan fingerprint density at radius 1 is 1.00 bits per heavy atom. The summed E-state index contributed by atoms with van der Waals surface area (Å²) in [5, 5.41) is 2.35. The van der Waals surface area contributed by atoms with Crippen molar-refractivity contribution in [2.45, 2.75) is 25.3 Å². The van der Waals surface area contributed by atoms with Crippen molar-refractivity contribution in [2.75, 3.05) is 5.73 Å². The fourth-order valence-corrected chi connectivity index (χ4v) is 2.93. The van der Waals surface area contributed by atoms with Crippen LogP contribution in [0.25, 0.3) is 0 Å². The highest BCUT2D eigenvalue weighted by atomic mass is 19.4. The van der Waals surface area contributed by atoms with E-state index in [0.29, 0.717) is 12.1 Å². The molecule has 3 N–H and O–H groups in total. The lowest BCUT2D eigenvalue weighted by Crippen LogP contribution is -2.32. The van der Waals surface area contributed by atoms with E-state index in [-0.39, 0.29) is 22.8 Å². The third-order valence-electron chi connectivity index (χ3n) is 4.45. The number of halogens is 6. The Hall–Kier alpha value is -3.70. The van der Waals surface area contributed by atoms with Gasteiger partial charge in [-0.2, -0.15) is 26.3 Å². The first kappa shape index (κ1) is 23.0. The average molecular weight is 455 g/mol. The summed E-state index contributed by atoms with van der Waals surface area (Å²) in [7, 11) is 0. The number of amides is 1. The molecule has 0 saturated carbocycles. The van der Waals surface area contributed by atoms with E-state index in [4.69, 9.17) is 5.73 Å². The van der Waals surface area contributed by atoms with Crippen LogP contribution in [0.1, 0.15) is 44.6 Å². The van der Waals surface area contributed by atoms with Gasteiger partial charge in [0, 0.05) is 12.4 Å². The number of hydrogen-bond acceptors (Lipinski definition) is 5. The summed E-state index contributed by atoms with van der Waals surface area (Å²) < 4.78 is 79.5. The molecule has 3 aromatic rings. The van der Waals surface area contributed by atoms with Crippen molar-refractivity contribution in [2.24, 2.45) is 0 Å². The molecule has 0 aliphatic carbocycles. The number of hydrogen-bond donors (Lipinski definition) is 2. The standard InChI is InChI=1S/C20H15F6N5O/c1-10-29-9-13(17(27)30-10)18(32)31-15(11-4-6-12(7-5-11)19(21,22)23)16-14(20(24,25)26)3-2-8-28-16/h2-9,15H,1H3,(H,31,32)(H2,27,29,30)/t15-/m0/s1. The number of pyridine rings is 1. The number of benzene rings is 1. The minimum atomic E-state index is -4.83. The molecule has 2 aromatic heterocycles. The van der Waals surface area contributed by atoms with E-state index in [1.165, 1.54) is 6.92 Å². The molecule has 1 atom stereocenters. The second-order valence-corrected chi connectivity index (χ2v) is 6.68. The maximum Gasteiger partial charge on any atom is 0.418 e. The zero-order chi connectivity index (χ0) is 23.7. The van der Waals surface area contributed by atoms with Gasteiger partial charge in [-0.25, -0.2) is 9.97 Å². The molecule has 3 rings (SSSR count). The summed E-state index contributed by atoms with van der Waals surface area (Å²) in [6.45, 7) is 1.52. The molecule has 1 aromatic carbocycles. The van der Waals surface area contributed by atoms with Crippen molar-refractivity contribution in [3.63, 3.8) is 0 Å². The van der Waals surface area contributed by atoms with E-state index in [1.807, 2.05) is 0 Å². The van der Waals surface area contributed by atoms with E-state index in [9.17, 15) is 31.1 Å². The minimum Gasteiger partial charge on any atom is -0.383 e. The molecule has 32 heavy (non-hydrogen) atoms. The molecule has 168 valence electrons. The van der Waals surface area contributed by atoms with Crippen molar-refractivity contribution in [1.29, 1.82) is 0 Å². The van der Waals surface area contributed by atoms with Crippen LogP contribution in [0.5, 0.6) is 0 Å². The number of carbonyl (C=O) groups is 1. The van der Waals surface area contributed by atoms with Crippen molar-refractivity contribution in [3.05, 3.63) is 82.6 Å². The van der Waals surface area contributed by atoms with Gasteiger partial charge >= 0.3 is 12.4 Å². The van der Waals surface area contributed by atoms with Gasteiger partial charge in [-0.3, -0.25) is 9.78 Å². The molecule has 0 fully saturated rings. The van der Waals surface area contributed by atoms with E-state index < -0.39 is 41.1 Å². The number of nitrogens with one attached hydrogen (secondary N) is 1. The van der Waals surface area contributed by atoms with E-state index in [1.54, 1.807) is 0 Å². The smallest absolute Gasteiger partial charge is 0.383 e. The normalized spacial score (nSPS) is 13.0. The Labute approximate surface area is 177 Å². The summed E-state index contributed by atoms with van der Waals surface area (Å²) in [5.74, 6) is -0.869. The number of nitrogens with zero attached hydrogens (tertiary/aromatic N) is 3. The molecule has 0 unspecified atom stereocenters. The van der Waals surface area contributed by atoms with E-state index >= 15 is 0 Å². The molecule has 0 saturated heterocycles. The van der Waals surface area contributed by atoms with Gasteiger partial charge in [-0.1, -0.05) is 12.1 Å². The van der Waals surface area contributed by atoms with Gasteiger partial charge < -0.3 is 11.1 Å². The first-order chi connectivity index (χ1) is 14.9. The minimum absolute atomic E-state index is 0.0536. The lowest BCUT2D eigenvalue weighted by atomic mass is 9.97. The van der Waals surface area contributed by atoms with Crippen molar-refractivity contribution < 1.29 is 31.1 Å². The molecular weight excluding hydrogens is 440 g/mol. The molecule has 0 aliphatic rings. The van der Waals surface area contributed by atoms with Crippen LogP contribution in [-0.2, 0) is 12.4 Å². The number of carbonyl (C=O) groups excluding carboxylic acids is 1. The van der Waals surface area contributed by atoms with Gasteiger partial charge in [-0.15, -0.1) is 0 Å². The molecule has 0 radical (unpaired) electrons. The second kappa shape index (κ2) is 8.44. The summed E-state index contributed by atoms with van der Waals surface area (Å²) in [6, 6.07) is 3.62. The van der Waals surface area contributed by atoms with Crippen LogP contribution in [0.15, 0.2) is 48.8 Å². The Kier molecular flexibility index (Phi) is 6.06. The van der Waals surface area contributed by atoms with Crippen molar-refractivity contribution in [3.8, 4) is 0 Å². The van der Waals surface area contributed by atoms with Gasteiger partial charge in [0.2, 0.25) is 0 Å². The number of rotatable bonds is 4. The third kappa shape index (κ3) is 4.95. The van der Waals surface area contributed by atoms with Gasteiger partial charge in [-0.05, 0) is 36.8 Å². The number of aromatic nitrogens is 3. The highest BCUT2D eigenvalue weighted by Gasteiger charge is 2.37. The Morgan fingerprint density at radius 3 is 2.22 bits per heavy atom. The van der Waals surface area contributed by atoms with Gasteiger partial charge in [0.05, 0.1) is 28.4 Å². The predicted octanol–water partition coefficient (Wildman–Crippen LogP) is 4.32. The average Bonchev–Trinajstić information content (AvgIpc) is 2.70. The summed E-state index contributed by atoms with van der Waals surface area (Å²) in [5.41, 5.74) is 2.69. The third-order valence-corrected chi connectivity index (χ3v) is 4.45. The van der Waals surface area contributed by atoms with Crippen molar-refractivity contribution >= 4 is 11.7 Å². The summed E-state index contributed by atoms with van der Waals surface area (Å²) >= 11 is 0. The van der Waals surface area contributed by atoms with Crippen LogP contribution in [0.2, 0.25) is 0 Å². The van der Waals surface area contributed by atoms with Gasteiger partial charge in [0.25, 0.3) is 5.91 Å². The van der Waals surface area contributed by atoms with Crippen LogP contribution < -0.4 is 11.1 Å². The highest BCUT2D eigenvalue weighted by molar-refractivity contribution is 5.98. The zero-order valence-corrected chi connectivity index (χ0v) is 16.3. The number of aryl methyl sites for hydroxylation is 1. The molecule has 1 amide bonds. The number of nitrogen functional groups attached to an aromatic ring is 1. The Bertz CT molecular complexity index is 1130. The van der Waals surface area contributed by atoms with Crippen LogP contribution in [-0.4, -0.2) is 20.9 Å². The van der Waals surface area contributed by atoms with Crippen LogP contribution in [0.4, 0.5) is 32.2 Å². The first-order valence-corrected chi connectivity index (χ1v) is 8.97. The summed E-state index contributed by atoms with van der Waals surface area (Å²) in [4.78, 5) is 24.2. The van der Waals surface area contributed by atoms with Gasteiger partial charge in [0.1, 0.15) is 11.6 Å². The van der Waals surface area contributed by atoms with Crippen molar-refractivity contribution in [1.82, 2.24) is 20.3 Å². The van der Waals surface area contributed by atoms with Crippen LogP contribution in [0, 0.1) is 6.92 Å². The topological polar surface area (TPSA) is 93.8 Å². The van der Waals surface area contributed by atoms with Crippen LogP contribution in [0.3, 0.4) is 0 Å². The predicted molar refractivity (Wildman–Crippen MR) is 101 cm³/mol. The first-order valence-electron chi connectivity index (χ1n) is 8.97. The maximum absolute atomic E-state index is 13.6. The highest BCUT2D eigenvalue weighted by Crippen LogP contribution is 2.36. The maximum atomic E-state index is 13.6. The summed E-state index contributed by atoms with van der Waals surface area (Å²) in [6.07, 6.45) is -7.30. The Balaban J connectivity index is 2.09. The quantitative estimate of drug-likeness (QED) is 0.572.